The zero-order valence-electron chi connectivity index (χ0n) is 7.11. The largest absolute Gasteiger partial charge is 0.397 e. The first-order chi connectivity index (χ1) is 6.66. The van der Waals surface area contributed by atoms with Gasteiger partial charge in [0, 0.05) is 10.7 Å². The lowest BCUT2D eigenvalue weighted by molar-refractivity contribution is 0.882. The van der Waals surface area contributed by atoms with Crippen molar-refractivity contribution in [1.29, 1.82) is 0 Å². The van der Waals surface area contributed by atoms with Gasteiger partial charge in [-0.05, 0) is 40.8 Å². The minimum Gasteiger partial charge on any atom is -0.397 e. The normalized spacial score (nSPS) is 10.4. The van der Waals surface area contributed by atoms with Crippen LogP contribution in [0.5, 0.6) is 0 Å². The molecule has 0 unspecified atom stereocenters. The van der Waals surface area contributed by atoms with Crippen molar-refractivity contribution in [2.45, 2.75) is 0 Å². The number of nitrogens with zero attached hydrogens (tertiary/aromatic N) is 2. The van der Waals surface area contributed by atoms with E-state index in [4.69, 9.17) is 5.73 Å². The van der Waals surface area contributed by atoms with Crippen molar-refractivity contribution in [2.24, 2.45) is 0 Å². The molecule has 1 aromatic carbocycles. The van der Waals surface area contributed by atoms with Crippen LogP contribution in [-0.2, 0) is 0 Å². The van der Waals surface area contributed by atoms with Crippen LogP contribution in [-0.4, -0.2) is 9.78 Å². The molecule has 0 radical (unpaired) electrons. The zero-order valence-corrected chi connectivity index (χ0v) is 10.9. The molecule has 0 bridgehead atoms. The van der Waals surface area contributed by atoms with Gasteiger partial charge < -0.3 is 5.73 Å². The van der Waals surface area contributed by atoms with Crippen molar-refractivity contribution in [3.05, 3.63) is 38.6 Å². The van der Waals surface area contributed by atoms with E-state index in [-0.39, 0.29) is 0 Å². The molecule has 14 heavy (non-hydrogen) atoms. The van der Waals surface area contributed by atoms with E-state index in [9.17, 15) is 0 Å². The van der Waals surface area contributed by atoms with Gasteiger partial charge in [-0.15, -0.1) is 0 Å². The number of anilines is 1. The molecule has 72 valence electrons. The van der Waals surface area contributed by atoms with E-state index < -0.39 is 0 Å². The first-order valence-electron chi connectivity index (χ1n) is 3.92. The van der Waals surface area contributed by atoms with Crippen molar-refractivity contribution in [2.75, 3.05) is 5.73 Å². The molecule has 0 fully saturated rings. The smallest absolute Gasteiger partial charge is 0.0886 e. The number of rotatable bonds is 1. The van der Waals surface area contributed by atoms with Crippen LogP contribution < -0.4 is 5.73 Å². The van der Waals surface area contributed by atoms with Gasteiger partial charge in [0.25, 0.3) is 0 Å². The molecule has 0 atom stereocenters. The second-order valence-electron chi connectivity index (χ2n) is 2.81. The Labute approximate surface area is 104 Å². The third-order valence-electron chi connectivity index (χ3n) is 1.79. The van der Waals surface area contributed by atoms with Gasteiger partial charge in [-0.1, -0.05) is 15.9 Å². The first-order valence-corrected chi connectivity index (χ1v) is 5.79. The molecule has 0 spiro atoms. The topological polar surface area (TPSA) is 43.8 Å². The Bertz CT molecular complexity index is 467. The Morgan fingerprint density at radius 2 is 2.21 bits per heavy atom. The molecule has 1 heterocycles. The number of hydrogen-bond donors (Lipinski definition) is 1. The van der Waals surface area contributed by atoms with E-state index in [1.807, 2.05) is 24.4 Å². The third kappa shape index (κ3) is 1.93. The molecule has 2 rings (SSSR count). The lowest BCUT2D eigenvalue weighted by atomic mass is 10.3. The highest BCUT2D eigenvalue weighted by Gasteiger charge is 2.03. The molecule has 2 aromatic rings. The highest BCUT2D eigenvalue weighted by molar-refractivity contribution is 14.1. The predicted molar refractivity (Wildman–Crippen MR) is 68.4 cm³/mol. The molecule has 0 aliphatic carbocycles. The fourth-order valence-corrected chi connectivity index (χ4v) is 1.89. The average Bonchev–Trinajstić information content (AvgIpc) is 2.56. The highest BCUT2D eigenvalue weighted by Crippen LogP contribution is 2.22. The Morgan fingerprint density at radius 3 is 2.86 bits per heavy atom. The van der Waals surface area contributed by atoms with E-state index in [0.717, 1.165) is 13.7 Å². The van der Waals surface area contributed by atoms with Gasteiger partial charge in [0.1, 0.15) is 0 Å². The van der Waals surface area contributed by atoms with Crippen LogP contribution in [0.25, 0.3) is 5.69 Å². The Morgan fingerprint density at radius 1 is 1.43 bits per heavy atom. The molecular formula is C9H7BrIN3. The van der Waals surface area contributed by atoms with Crippen LogP contribution in [0.3, 0.4) is 0 Å². The summed E-state index contributed by atoms with van der Waals surface area (Å²) in [5.41, 5.74) is 7.45. The number of nitrogens with two attached hydrogens (primary N) is 1. The Balaban J connectivity index is 2.55. The van der Waals surface area contributed by atoms with E-state index >= 15 is 0 Å². The molecule has 0 aliphatic rings. The van der Waals surface area contributed by atoms with Crippen LogP contribution in [0, 0.1) is 3.57 Å². The number of hydrogen-bond acceptors (Lipinski definition) is 2. The van der Waals surface area contributed by atoms with Gasteiger partial charge in [0.15, 0.2) is 0 Å². The summed E-state index contributed by atoms with van der Waals surface area (Å²) < 4.78 is 3.84. The molecule has 3 nitrogen and oxygen atoms in total. The van der Waals surface area contributed by atoms with Crippen LogP contribution in [0.15, 0.2) is 35.1 Å². The van der Waals surface area contributed by atoms with Crippen LogP contribution >= 0.6 is 38.5 Å². The SMILES string of the molecule is Nc1ccc(Br)cc1-n1cc(I)cn1. The number of benzene rings is 1. The maximum absolute atomic E-state index is 5.85. The van der Waals surface area contributed by atoms with E-state index in [2.05, 4.69) is 43.6 Å². The lowest BCUT2D eigenvalue weighted by Gasteiger charge is -2.05. The van der Waals surface area contributed by atoms with Crippen molar-refractivity contribution in [1.82, 2.24) is 9.78 Å². The van der Waals surface area contributed by atoms with Gasteiger partial charge >= 0.3 is 0 Å². The van der Waals surface area contributed by atoms with Crippen LogP contribution in [0.1, 0.15) is 0 Å². The molecule has 0 saturated heterocycles. The predicted octanol–water partition coefficient (Wildman–Crippen LogP) is 2.82. The second-order valence-corrected chi connectivity index (χ2v) is 4.97. The fraction of sp³-hybridized carbons (Fsp3) is 0. The molecule has 1 aromatic heterocycles. The van der Waals surface area contributed by atoms with Gasteiger partial charge in [0.2, 0.25) is 0 Å². The van der Waals surface area contributed by atoms with Crippen molar-refractivity contribution in [3.8, 4) is 5.69 Å². The van der Waals surface area contributed by atoms with E-state index in [1.165, 1.54) is 0 Å². The second kappa shape index (κ2) is 3.90. The van der Waals surface area contributed by atoms with E-state index in [0.29, 0.717) is 5.69 Å². The molecule has 2 N–H and O–H groups in total. The molecule has 0 saturated carbocycles. The average molecular weight is 364 g/mol. The van der Waals surface area contributed by atoms with Gasteiger partial charge in [0.05, 0.1) is 21.1 Å². The van der Waals surface area contributed by atoms with Gasteiger partial charge in [-0.3, -0.25) is 0 Å². The Kier molecular flexibility index (Phi) is 2.78. The summed E-state index contributed by atoms with van der Waals surface area (Å²) in [5.74, 6) is 0. The molecular weight excluding hydrogens is 357 g/mol. The summed E-state index contributed by atoms with van der Waals surface area (Å²) >= 11 is 5.61. The summed E-state index contributed by atoms with van der Waals surface area (Å²) in [4.78, 5) is 0. The Hall–Kier alpha value is -0.560. The van der Waals surface area contributed by atoms with E-state index in [1.54, 1.807) is 10.9 Å². The molecule has 0 aliphatic heterocycles. The maximum atomic E-state index is 5.85. The van der Waals surface area contributed by atoms with Gasteiger partial charge in [-0.2, -0.15) is 5.10 Å². The zero-order chi connectivity index (χ0) is 10.1. The van der Waals surface area contributed by atoms with Crippen molar-refractivity contribution < 1.29 is 0 Å². The van der Waals surface area contributed by atoms with Crippen LogP contribution in [0.2, 0.25) is 0 Å². The molecule has 5 heteroatoms. The molecule has 0 amide bonds. The summed E-state index contributed by atoms with van der Waals surface area (Å²) in [6, 6.07) is 5.71. The van der Waals surface area contributed by atoms with Crippen molar-refractivity contribution in [3.63, 3.8) is 0 Å². The minimum absolute atomic E-state index is 0.715. The third-order valence-corrected chi connectivity index (χ3v) is 2.84. The lowest BCUT2D eigenvalue weighted by Crippen LogP contribution is -1.99. The number of halogens is 2. The maximum Gasteiger partial charge on any atom is 0.0886 e. The standard InChI is InChI=1S/C9H7BrIN3/c10-6-1-2-8(12)9(3-6)14-5-7(11)4-13-14/h1-5H,12H2. The fourth-order valence-electron chi connectivity index (χ4n) is 1.15. The highest BCUT2D eigenvalue weighted by atomic mass is 127. The quantitative estimate of drug-likeness (QED) is 0.625. The number of nitrogen functional groups attached to an aromatic ring is 1. The summed E-state index contributed by atoms with van der Waals surface area (Å²) in [7, 11) is 0. The minimum atomic E-state index is 0.715. The summed E-state index contributed by atoms with van der Waals surface area (Å²) in [6.07, 6.45) is 3.72. The monoisotopic (exact) mass is 363 g/mol. The first kappa shape index (κ1) is 9.97. The van der Waals surface area contributed by atoms with Crippen LogP contribution in [0.4, 0.5) is 5.69 Å². The number of aromatic nitrogens is 2. The summed E-state index contributed by atoms with van der Waals surface area (Å²) in [6.45, 7) is 0. The van der Waals surface area contributed by atoms with Crippen molar-refractivity contribution >= 4 is 44.2 Å². The summed E-state index contributed by atoms with van der Waals surface area (Å²) in [5, 5.41) is 4.20. The van der Waals surface area contributed by atoms with Gasteiger partial charge in [-0.25, -0.2) is 4.68 Å².